The number of ether oxygens (including phenoxy) is 1. The van der Waals surface area contributed by atoms with E-state index in [9.17, 15) is 14.7 Å². The first kappa shape index (κ1) is 18.9. The molecule has 3 rings (SSSR count). The van der Waals surface area contributed by atoms with Crippen LogP contribution in [0, 0.1) is 13.8 Å². The SMILES string of the molecule is COc1ccc(CN2CCN(c3cc(C)cc(C)c3)C(=O)C2)cc1C(=O)O. The van der Waals surface area contributed by atoms with E-state index in [4.69, 9.17) is 4.74 Å². The minimum Gasteiger partial charge on any atom is -0.496 e. The van der Waals surface area contributed by atoms with E-state index in [0.29, 0.717) is 25.4 Å². The number of aryl methyl sites for hydroxylation is 2. The van der Waals surface area contributed by atoms with Crippen LogP contribution in [0.4, 0.5) is 5.69 Å². The zero-order valence-corrected chi connectivity index (χ0v) is 15.9. The second-order valence-electron chi connectivity index (χ2n) is 6.94. The van der Waals surface area contributed by atoms with Crippen molar-refractivity contribution in [2.24, 2.45) is 0 Å². The number of carbonyl (C=O) groups excluding carboxylic acids is 1. The van der Waals surface area contributed by atoms with E-state index in [1.165, 1.54) is 7.11 Å². The number of rotatable bonds is 5. The quantitative estimate of drug-likeness (QED) is 0.879. The summed E-state index contributed by atoms with van der Waals surface area (Å²) in [6.45, 7) is 6.23. The summed E-state index contributed by atoms with van der Waals surface area (Å²) in [6, 6.07) is 11.3. The highest BCUT2D eigenvalue weighted by Gasteiger charge is 2.25. The van der Waals surface area contributed by atoms with Gasteiger partial charge in [-0.2, -0.15) is 0 Å². The number of nitrogens with zero attached hydrogens (tertiary/aromatic N) is 2. The molecule has 142 valence electrons. The predicted molar refractivity (Wildman–Crippen MR) is 103 cm³/mol. The van der Waals surface area contributed by atoms with Crippen LogP contribution < -0.4 is 9.64 Å². The number of piperazine rings is 1. The van der Waals surface area contributed by atoms with E-state index in [1.807, 2.05) is 41.8 Å². The highest BCUT2D eigenvalue weighted by molar-refractivity contribution is 5.95. The molecule has 1 heterocycles. The molecule has 1 aliphatic rings. The molecule has 0 saturated carbocycles. The Kier molecular flexibility index (Phi) is 5.46. The fourth-order valence-electron chi connectivity index (χ4n) is 3.52. The van der Waals surface area contributed by atoms with Crippen LogP contribution in [0.15, 0.2) is 36.4 Å². The lowest BCUT2D eigenvalue weighted by Crippen LogP contribution is -2.50. The first-order valence-electron chi connectivity index (χ1n) is 8.88. The third-order valence-corrected chi connectivity index (χ3v) is 4.72. The van der Waals surface area contributed by atoms with Crippen molar-refractivity contribution in [1.82, 2.24) is 4.90 Å². The van der Waals surface area contributed by atoms with Crippen LogP contribution in [0.3, 0.4) is 0 Å². The van der Waals surface area contributed by atoms with Crippen LogP contribution in [0.25, 0.3) is 0 Å². The number of carboxylic acid groups (broad SMARTS) is 1. The molecule has 6 nitrogen and oxygen atoms in total. The molecule has 0 atom stereocenters. The van der Waals surface area contributed by atoms with Crippen LogP contribution in [-0.2, 0) is 11.3 Å². The smallest absolute Gasteiger partial charge is 0.339 e. The van der Waals surface area contributed by atoms with Gasteiger partial charge in [0.1, 0.15) is 11.3 Å². The monoisotopic (exact) mass is 368 g/mol. The van der Waals surface area contributed by atoms with Gasteiger partial charge >= 0.3 is 5.97 Å². The largest absolute Gasteiger partial charge is 0.496 e. The lowest BCUT2D eigenvalue weighted by atomic mass is 10.1. The van der Waals surface area contributed by atoms with Crippen LogP contribution in [0.5, 0.6) is 5.75 Å². The van der Waals surface area contributed by atoms with E-state index < -0.39 is 5.97 Å². The molecule has 0 radical (unpaired) electrons. The maximum Gasteiger partial charge on any atom is 0.339 e. The number of hydrogen-bond acceptors (Lipinski definition) is 4. The molecule has 2 aromatic rings. The predicted octanol–water partition coefficient (Wildman–Crippen LogP) is 2.86. The van der Waals surface area contributed by atoms with Crippen molar-refractivity contribution in [3.63, 3.8) is 0 Å². The van der Waals surface area contributed by atoms with E-state index in [-0.39, 0.29) is 11.5 Å². The van der Waals surface area contributed by atoms with Crippen molar-refractivity contribution in [3.8, 4) is 5.75 Å². The van der Waals surface area contributed by atoms with Crippen molar-refractivity contribution < 1.29 is 19.4 Å². The number of aromatic carboxylic acids is 1. The van der Waals surface area contributed by atoms with Gasteiger partial charge in [-0.3, -0.25) is 9.69 Å². The number of hydrogen-bond donors (Lipinski definition) is 1. The first-order valence-corrected chi connectivity index (χ1v) is 8.88. The zero-order chi connectivity index (χ0) is 19.6. The summed E-state index contributed by atoms with van der Waals surface area (Å²) in [5, 5.41) is 9.32. The summed E-state index contributed by atoms with van der Waals surface area (Å²) in [5.74, 6) is -0.635. The summed E-state index contributed by atoms with van der Waals surface area (Å²) in [7, 11) is 1.45. The van der Waals surface area contributed by atoms with Crippen LogP contribution in [0.2, 0.25) is 0 Å². The van der Waals surface area contributed by atoms with E-state index >= 15 is 0 Å². The van der Waals surface area contributed by atoms with Gasteiger partial charge in [-0.05, 0) is 54.8 Å². The zero-order valence-electron chi connectivity index (χ0n) is 15.9. The van der Waals surface area contributed by atoms with Gasteiger partial charge in [-0.25, -0.2) is 4.79 Å². The molecule has 1 saturated heterocycles. The summed E-state index contributed by atoms with van der Waals surface area (Å²) >= 11 is 0. The molecule has 1 aliphatic heterocycles. The minimum atomic E-state index is -1.02. The summed E-state index contributed by atoms with van der Waals surface area (Å²) in [6.07, 6.45) is 0. The second kappa shape index (κ2) is 7.80. The van der Waals surface area contributed by atoms with Crippen LogP contribution >= 0.6 is 0 Å². The highest BCUT2D eigenvalue weighted by Crippen LogP contribution is 2.23. The molecule has 0 aliphatic carbocycles. The molecule has 0 unspecified atom stereocenters. The standard InChI is InChI=1S/C21H24N2O4/c1-14-8-15(2)10-17(9-14)23-7-6-22(13-20(23)24)12-16-4-5-19(27-3)18(11-16)21(25)26/h4-5,8-11H,6-7,12-13H2,1-3H3,(H,25,26). The van der Waals surface area contributed by atoms with Gasteiger partial charge in [0.15, 0.2) is 0 Å². The van der Waals surface area contributed by atoms with Gasteiger partial charge in [0.25, 0.3) is 0 Å². The Bertz CT molecular complexity index is 858. The van der Waals surface area contributed by atoms with Crippen LogP contribution in [-0.4, -0.2) is 48.6 Å². The maximum absolute atomic E-state index is 12.7. The van der Waals surface area contributed by atoms with Gasteiger partial charge in [0, 0.05) is 25.3 Å². The Morgan fingerprint density at radius 1 is 1.11 bits per heavy atom. The Balaban J connectivity index is 1.71. The third kappa shape index (κ3) is 4.28. The van der Waals surface area contributed by atoms with Crippen molar-refractivity contribution in [2.45, 2.75) is 20.4 Å². The maximum atomic E-state index is 12.7. The molecule has 1 amide bonds. The number of anilines is 1. The molecule has 0 bridgehead atoms. The molecule has 6 heteroatoms. The first-order chi connectivity index (χ1) is 12.9. The van der Waals surface area contributed by atoms with E-state index in [1.54, 1.807) is 12.1 Å². The molecule has 27 heavy (non-hydrogen) atoms. The highest BCUT2D eigenvalue weighted by atomic mass is 16.5. The van der Waals surface area contributed by atoms with E-state index in [0.717, 1.165) is 28.9 Å². The second-order valence-corrected chi connectivity index (χ2v) is 6.94. The van der Waals surface area contributed by atoms with Crippen molar-refractivity contribution in [2.75, 3.05) is 31.6 Å². The van der Waals surface area contributed by atoms with Crippen molar-refractivity contribution >= 4 is 17.6 Å². The summed E-state index contributed by atoms with van der Waals surface area (Å²) in [4.78, 5) is 27.9. The fourth-order valence-corrected chi connectivity index (χ4v) is 3.52. The molecule has 1 N–H and O–H groups in total. The lowest BCUT2D eigenvalue weighted by Gasteiger charge is -2.34. The van der Waals surface area contributed by atoms with Gasteiger partial charge < -0.3 is 14.7 Å². The van der Waals surface area contributed by atoms with Crippen LogP contribution in [0.1, 0.15) is 27.0 Å². The van der Waals surface area contributed by atoms with Crippen molar-refractivity contribution in [1.29, 1.82) is 0 Å². The molecule has 0 spiro atoms. The Hall–Kier alpha value is -2.86. The molecule has 1 fully saturated rings. The fraction of sp³-hybridized carbons (Fsp3) is 0.333. The molecule has 0 aromatic heterocycles. The summed E-state index contributed by atoms with van der Waals surface area (Å²) < 4.78 is 5.10. The number of carbonyl (C=O) groups is 2. The Morgan fingerprint density at radius 3 is 2.41 bits per heavy atom. The molecular weight excluding hydrogens is 344 g/mol. The number of methoxy groups -OCH3 is 1. The van der Waals surface area contributed by atoms with E-state index in [2.05, 4.69) is 6.07 Å². The number of carboxylic acids is 1. The van der Waals surface area contributed by atoms with Gasteiger partial charge in [-0.15, -0.1) is 0 Å². The van der Waals surface area contributed by atoms with Crippen molar-refractivity contribution in [3.05, 3.63) is 58.7 Å². The topological polar surface area (TPSA) is 70.1 Å². The van der Waals surface area contributed by atoms with Gasteiger partial charge in [-0.1, -0.05) is 12.1 Å². The normalized spacial score (nSPS) is 15.1. The number of benzene rings is 2. The average Bonchev–Trinajstić information content (AvgIpc) is 2.60. The average molecular weight is 368 g/mol. The number of amides is 1. The minimum absolute atomic E-state index is 0.0539. The lowest BCUT2D eigenvalue weighted by molar-refractivity contribution is -0.121. The molecular formula is C21H24N2O4. The third-order valence-electron chi connectivity index (χ3n) is 4.72. The Morgan fingerprint density at radius 2 is 1.81 bits per heavy atom. The van der Waals surface area contributed by atoms with Gasteiger partial charge in [0.2, 0.25) is 5.91 Å². The Labute approximate surface area is 159 Å². The van der Waals surface area contributed by atoms with Gasteiger partial charge in [0.05, 0.1) is 13.7 Å². The molecule has 2 aromatic carbocycles. The summed E-state index contributed by atoms with van der Waals surface area (Å²) in [5.41, 5.74) is 4.20.